The molecule has 1 N–H and O–H groups in total. The van der Waals surface area contributed by atoms with Crippen LogP contribution in [0, 0.1) is 5.92 Å². The summed E-state index contributed by atoms with van der Waals surface area (Å²) in [5.41, 5.74) is 0.792. The first-order chi connectivity index (χ1) is 11.6. The number of ether oxygens (including phenoxy) is 2. The van der Waals surface area contributed by atoms with Crippen LogP contribution in [-0.4, -0.2) is 34.1 Å². The highest BCUT2D eigenvalue weighted by atomic mass is 35.5. The number of benzene rings is 1. The summed E-state index contributed by atoms with van der Waals surface area (Å²) >= 11 is 6.04. The molecule has 128 valence electrons. The summed E-state index contributed by atoms with van der Waals surface area (Å²) in [4.78, 5) is 11.4. The zero-order valence-corrected chi connectivity index (χ0v) is 13.9. The molecule has 0 saturated carbocycles. The molecule has 0 aliphatic carbocycles. The fraction of sp³-hybridized carbons (Fsp3) is 0.412. The standard InChI is InChI=1S/C17H19ClN2O4/c18-14-5-1-2-6-15(14)23-9-7-20-11-12(10-19-20)16-13(17(21)22)4-3-8-24-16/h1-2,5-6,10-11,13,16H,3-4,7-9H2,(H,21,22)/t13-,16+/m1/s1. The van der Waals surface area contributed by atoms with E-state index in [1.165, 1.54) is 0 Å². The van der Waals surface area contributed by atoms with Gasteiger partial charge in [0, 0.05) is 18.4 Å². The van der Waals surface area contributed by atoms with Crippen molar-refractivity contribution in [3.05, 3.63) is 47.2 Å². The summed E-state index contributed by atoms with van der Waals surface area (Å²) in [7, 11) is 0. The van der Waals surface area contributed by atoms with Crippen molar-refractivity contribution in [3.8, 4) is 5.75 Å². The van der Waals surface area contributed by atoms with Crippen LogP contribution in [0.1, 0.15) is 24.5 Å². The van der Waals surface area contributed by atoms with Gasteiger partial charge in [0.1, 0.15) is 12.4 Å². The van der Waals surface area contributed by atoms with E-state index in [9.17, 15) is 9.90 Å². The largest absolute Gasteiger partial charge is 0.490 e. The molecule has 1 aliphatic heterocycles. The van der Waals surface area contributed by atoms with E-state index in [4.69, 9.17) is 21.1 Å². The molecule has 1 aromatic heterocycles. The van der Waals surface area contributed by atoms with E-state index in [1.807, 2.05) is 24.4 Å². The Morgan fingerprint density at radius 1 is 1.46 bits per heavy atom. The smallest absolute Gasteiger partial charge is 0.309 e. The van der Waals surface area contributed by atoms with Crippen molar-refractivity contribution < 1.29 is 19.4 Å². The Bertz CT molecular complexity index is 703. The Kier molecular flexibility index (Phi) is 5.37. The predicted molar refractivity (Wildman–Crippen MR) is 88.2 cm³/mol. The van der Waals surface area contributed by atoms with Crippen LogP contribution >= 0.6 is 11.6 Å². The topological polar surface area (TPSA) is 73.6 Å². The van der Waals surface area contributed by atoms with E-state index in [2.05, 4.69) is 5.10 Å². The third kappa shape index (κ3) is 3.88. The lowest BCUT2D eigenvalue weighted by Crippen LogP contribution is -2.28. The maximum Gasteiger partial charge on any atom is 0.309 e. The summed E-state index contributed by atoms with van der Waals surface area (Å²) in [6.07, 6.45) is 4.45. The van der Waals surface area contributed by atoms with Crippen molar-refractivity contribution in [1.29, 1.82) is 0 Å². The maximum atomic E-state index is 11.4. The van der Waals surface area contributed by atoms with Crippen LogP contribution in [0.4, 0.5) is 0 Å². The number of halogens is 1. The lowest BCUT2D eigenvalue weighted by atomic mass is 9.91. The Hall–Kier alpha value is -2.05. The van der Waals surface area contributed by atoms with E-state index >= 15 is 0 Å². The summed E-state index contributed by atoms with van der Waals surface area (Å²) in [6, 6.07) is 7.29. The minimum absolute atomic E-state index is 0.415. The third-order valence-corrected chi connectivity index (χ3v) is 4.35. The first kappa shape index (κ1) is 16.8. The van der Waals surface area contributed by atoms with E-state index < -0.39 is 18.0 Å². The van der Waals surface area contributed by atoms with Gasteiger partial charge in [0.15, 0.2) is 0 Å². The SMILES string of the molecule is O=C(O)[C@@H]1CCCO[C@H]1c1cnn(CCOc2ccccc2Cl)c1. The number of carboxylic acid groups (broad SMARTS) is 1. The molecule has 0 amide bonds. The number of nitrogens with zero attached hydrogens (tertiary/aromatic N) is 2. The second-order valence-corrected chi connectivity index (χ2v) is 6.10. The Labute approximate surface area is 144 Å². The predicted octanol–water partition coefficient (Wildman–Crippen LogP) is 3.17. The number of carbonyl (C=O) groups is 1. The van der Waals surface area contributed by atoms with Gasteiger partial charge in [-0.1, -0.05) is 23.7 Å². The van der Waals surface area contributed by atoms with Gasteiger partial charge in [0.2, 0.25) is 0 Å². The van der Waals surface area contributed by atoms with Gasteiger partial charge in [-0.05, 0) is 25.0 Å². The fourth-order valence-corrected chi connectivity index (χ4v) is 3.01. The summed E-state index contributed by atoms with van der Waals surface area (Å²) < 4.78 is 13.0. The fourth-order valence-electron chi connectivity index (χ4n) is 2.82. The summed E-state index contributed by atoms with van der Waals surface area (Å²) in [6.45, 7) is 1.53. The van der Waals surface area contributed by atoms with Gasteiger partial charge in [-0.3, -0.25) is 9.48 Å². The Morgan fingerprint density at radius 3 is 3.08 bits per heavy atom. The van der Waals surface area contributed by atoms with Gasteiger partial charge >= 0.3 is 5.97 Å². The highest BCUT2D eigenvalue weighted by molar-refractivity contribution is 6.32. The van der Waals surface area contributed by atoms with Crippen LogP contribution in [0.2, 0.25) is 5.02 Å². The lowest BCUT2D eigenvalue weighted by molar-refractivity contribution is -0.151. The van der Waals surface area contributed by atoms with Crippen LogP contribution in [0.5, 0.6) is 5.75 Å². The molecule has 1 aliphatic rings. The van der Waals surface area contributed by atoms with Crippen molar-refractivity contribution in [3.63, 3.8) is 0 Å². The molecule has 1 fully saturated rings. The van der Waals surface area contributed by atoms with Crippen LogP contribution in [0.15, 0.2) is 36.7 Å². The number of aromatic nitrogens is 2. The molecule has 0 unspecified atom stereocenters. The van der Waals surface area contributed by atoms with Crippen LogP contribution in [0.3, 0.4) is 0 Å². The zero-order valence-electron chi connectivity index (χ0n) is 13.1. The molecule has 2 atom stereocenters. The Balaban J connectivity index is 1.59. The van der Waals surface area contributed by atoms with Crippen molar-refractivity contribution in [2.75, 3.05) is 13.2 Å². The van der Waals surface area contributed by atoms with Gasteiger partial charge in [-0.25, -0.2) is 0 Å². The molecule has 0 radical (unpaired) electrons. The van der Waals surface area contributed by atoms with Gasteiger partial charge in [0.25, 0.3) is 0 Å². The molecular formula is C17H19ClN2O4. The minimum atomic E-state index is -0.825. The molecule has 3 rings (SSSR count). The molecule has 0 spiro atoms. The molecule has 24 heavy (non-hydrogen) atoms. The number of rotatable bonds is 6. The van der Waals surface area contributed by atoms with E-state index in [-0.39, 0.29) is 0 Å². The van der Waals surface area contributed by atoms with E-state index in [0.717, 1.165) is 12.0 Å². The van der Waals surface area contributed by atoms with Crippen molar-refractivity contribution in [2.24, 2.45) is 5.92 Å². The molecule has 7 heteroatoms. The van der Waals surface area contributed by atoms with Gasteiger partial charge in [0.05, 0.1) is 29.8 Å². The first-order valence-corrected chi connectivity index (χ1v) is 8.27. The summed E-state index contributed by atoms with van der Waals surface area (Å²) in [5, 5.41) is 14.2. The first-order valence-electron chi connectivity index (χ1n) is 7.89. The van der Waals surface area contributed by atoms with E-state index in [1.54, 1.807) is 16.9 Å². The average Bonchev–Trinajstić information content (AvgIpc) is 3.05. The van der Waals surface area contributed by atoms with Crippen molar-refractivity contribution >= 4 is 17.6 Å². The minimum Gasteiger partial charge on any atom is -0.490 e. The van der Waals surface area contributed by atoms with Crippen LogP contribution in [0.25, 0.3) is 0 Å². The number of hydrogen-bond acceptors (Lipinski definition) is 4. The molecule has 6 nitrogen and oxygen atoms in total. The average molecular weight is 351 g/mol. The van der Waals surface area contributed by atoms with Crippen molar-refractivity contribution in [2.45, 2.75) is 25.5 Å². The zero-order chi connectivity index (χ0) is 16.9. The quantitative estimate of drug-likeness (QED) is 0.866. The number of hydrogen-bond donors (Lipinski definition) is 1. The molecule has 1 saturated heterocycles. The van der Waals surface area contributed by atoms with Crippen LogP contribution < -0.4 is 4.74 Å². The molecule has 0 bridgehead atoms. The molecule has 2 heterocycles. The van der Waals surface area contributed by atoms with Gasteiger partial charge in [-0.15, -0.1) is 0 Å². The van der Waals surface area contributed by atoms with Crippen LogP contribution in [-0.2, 0) is 16.1 Å². The molecule has 1 aromatic carbocycles. The number of carboxylic acids is 1. The third-order valence-electron chi connectivity index (χ3n) is 4.04. The highest BCUT2D eigenvalue weighted by Crippen LogP contribution is 2.33. The highest BCUT2D eigenvalue weighted by Gasteiger charge is 2.33. The number of aliphatic carboxylic acids is 1. The monoisotopic (exact) mass is 350 g/mol. The second-order valence-electron chi connectivity index (χ2n) is 5.69. The lowest BCUT2D eigenvalue weighted by Gasteiger charge is -2.28. The maximum absolute atomic E-state index is 11.4. The second kappa shape index (κ2) is 7.68. The number of para-hydroxylation sites is 1. The molecule has 2 aromatic rings. The Morgan fingerprint density at radius 2 is 2.29 bits per heavy atom. The molecular weight excluding hydrogens is 332 g/mol. The van der Waals surface area contributed by atoms with Gasteiger partial charge in [-0.2, -0.15) is 5.10 Å². The normalized spacial score (nSPS) is 20.7. The van der Waals surface area contributed by atoms with Gasteiger partial charge < -0.3 is 14.6 Å². The van der Waals surface area contributed by atoms with Crippen molar-refractivity contribution in [1.82, 2.24) is 9.78 Å². The summed E-state index contributed by atoms with van der Waals surface area (Å²) in [5.74, 6) is -0.710. The van der Waals surface area contributed by atoms with E-state index in [0.29, 0.717) is 37.0 Å².